The van der Waals surface area contributed by atoms with Gasteiger partial charge in [-0.1, -0.05) is 0 Å². The number of nitrogens with one attached hydrogen (secondary N) is 1. The van der Waals surface area contributed by atoms with Crippen LogP contribution in [0.1, 0.15) is 34.3 Å². The van der Waals surface area contributed by atoms with Gasteiger partial charge in [-0.2, -0.15) is 0 Å². The first kappa shape index (κ1) is 24.9. The Morgan fingerprint density at radius 1 is 0.897 bits per heavy atom. The van der Waals surface area contributed by atoms with Crippen LogP contribution in [0, 0.1) is 0 Å². The molecule has 2 aliphatic heterocycles. The van der Waals surface area contributed by atoms with Crippen LogP contribution in [0.15, 0.2) is 64.0 Å². The van der Waals surface area contributed by atoms with Crippen molar-refractivity contribution >= 4 is 33.9 Å². The zero-order valence-corrected chi connectivity index (χ0v) is 22.4. The molecule has 0 bridgehead atoms. The maximum Gasteiger partial charge on any atom is 0.261 e. The molecule has 2 aliphatic rings. The zero-order valence-electron chi connectivity index (χ0n) is 22.4. The summed E-state index contributed by atoms with van der Waals surface area (Å²) in [6, 6.07) is 16.7. The van der Waals surface area contributed by atoms with Crippen molar-refractivity contribution in [1.82, 2.24) is 0 Å². The lowest BCUT2D eigenvalue weighted by molar-refractivity contribution is 0.102. The highest BCUT2D eigenvalue weighted by atomic mass is 16.5. The lowest BCUT2D eigenvalue weighted by Crippen LogP contribution is -2.34. The number of carbonyl (C=O) groups excluding carboxylic acids is 1. The fraction of sp³-hybridized carbons (Fsp3) is 0.290. The maximum absolute atomic E-state index is 13.7. The van der Waals surface area contributed by atoms with Crippen molar-refractivity contribution in [2.75, 3.05) is 44.6 Å². The Morgan fingerprint density at radius 2 is 1.67 bits per heavy atom. The van der Waals surface area contributed by atoms with Gasteiger partial charge in [-0.05, 0) is 79.8 Å². The van der Waals surface area contributed by atoms with Crippen molar-refractivity contribution in [3.8, 4) is 17.2 Å². The first-order valence-electron chi connectivity index (χ1n) is 13.2. The highest BCUT2D eigenvalue weighted by molar-refractivity contribution is 6.06. The molecule has 1 N–H and O–H groups in total. The van der Waals surface area contributed by atoms with E-state index in [2.05, 4.69) is 16.3 Å². The predicted molar refractivity (Wildman–Crippen MR) is 151 cm³/mol. The Labute approximate surface area is 226 Å². The van der Waals surface area contributed by atoms with Crippen molar-refractivity contribution in [2.45, 2.75) is 25.7 Å². The van der Waals surface area contributed by atoms with Gasteiger partial charge in [-0.25, -0.2) is 4.99 Å². The summed E-state index contributed by atoms with van der Waals surface area (Å²) in [6.45, 7) is 2.14. The van der Waals surface area contributed by atoms with E-state index in [1.807, 2.05) is 30.3 Å². The van der Waals surface area contributed by atoms with Crippen LogP contribution in [0.2, 0.25) is 0 Å². The van der Waals surface area contributed by atoms with Crippen LogP contribution in [0.4, 0.5) is 17.1 Å². The number of rotatable bonds is 6. The number of methoxy groups -OCH3 is 3. The number of hydrogen-bond donors (Lipinski definition) is 1. The third-order valence-electron chi connectivity index (χ3n) is 7.42. The molecule has 0 fully saturated rings. The standard InChI is InChI=1S/C31H31N3O5/c1-36-23-11-8-21(9-12-23)33-31-25(30(35)32-22-10-13-26(37-2)27(18-22)38-3)17-20-16-19-6-4-14-34-15-5-7-24(28(19)34)29(20)39-31/h8-13,16-18H,4-7,14-15H2,1-3H3,(H,32,35). The second-order valence-electron chi connectivity index (χ2n) is 9.77. The van der Waals surface area contributed by atoms with E-state index in [0.717, 1.165) is 55.5 Å². The Kier molecular flexibility index (Phi) is 6.60. The van der Waals surface area contributed by atoms with E-state index >= 15 is 0 Å². The molecule has 0 saturated carbocycles. The molecule has 4 aromatic rings. The van der Waals surface area contributed by atoms with Gasteiger partial charge < -0.3 is 28.8 Å². The van der Waals surface area contributed by atoms with Crippen molar-refractivity contribution in [3.63, 3.8) is 0 Å². The maximum atomic E-state index is 13.7. The Morgan fingerprint density at radius 3 is 2.41 bits per heavy atom. The number of fused-ring (bicyclic) bond motifs is 2. The number of ether oxygens (including phenoxy) is 3. The molecule has 0 radical (unpaired) electrons. The monoisotopic (exact) mass is 525 g/mol. The Balaban J connectivity index is 1.50. The molecule has 1 amide bonds. The molecule has 1 aromatic heterocycles. The highest BCUT2D eigenvalue weighted by Crippen LogP contribution is 2.40. The van der Waals surface area contributed by atoms with Crippen molar-refractivity contribution in [2.24, 2.45) is 4.99 Å². The number of benzene rings is 3. The molecule has 200 valence electrons. The summed E-state index contributed by atoms with van der Waals surface area (Å²) in [5.74, 6) is 1.51. The molecule has 0 saturated heterocycles. The Bertz CT molecular complexity index is 1620. The lowest BCUT2D eigenvalue weighted by Gasteiger charge is -2.37. The van der Waals surface area contributed by atoms with Crippen LogP contribution in [-0.2, 0) is 12.8 Å². The second kappa shape index (κ2) is 10.4. The zero-order chi connectivity index (χ0) is 26.9. The molecule has 8 nitrogen and oxygen atoms in total. The normalized spacial score (nSPS) is 14.6. The topological polar surface area (TPSA) is 85.5 Å². The number of aryl methyl sites for hydroxylation is 2. The fourth-order valence-corrected chi connectivity index (χ4v) is 5.58. The van der Waals surface area contributed by atoms with E-state index in [0.29, 0.717) is 28.4 Å². The summed E-state index contributed by atoms with van der Waals surface area (Å²) < 4.78 is 22.6. The molecule has 8 heteroatoms. The molecule has 3 aromatic carbocycles. The highest BCUT2D eigenvalue weighted by Gasteiger charge is 2.27. The minimum atomic E-state index is -0.326. The third kappa shape index (κ3) is 4.67. The largest absolute Gasteiger partial charge is 0.497 e. The minimum Gasteiger partial charge on any atom is -0.497 e. The van der Waals surface area contributed by atoms with Crippen LogP contribution in [0.25, 0.3) is 11.0 Å². The molecule has 0 aliphatic carbocycles. The van der Waals surface area contributed by atoms with Crippen LogP contribution in [0.3, 0.4) is 0 Å². The summed E-state index contributed by atoms with van der Waals surface area (Å²) >= 11 is 0. The molecule has 0 spiro atoms. The van der Waals surface area contributed by atoms with Crippen molar-refractivity contribution in [1.29, 1.82) is 0 Å². The SMILES string of the molecule is COc1ccc(N=c2oc3c4c5c(cc3cc2C(=O)Nc2ccc(OC)c(OC)c2)CCCN5CCC4)cc1. The molecule has 3 heterocycles. The number of anilines is 2. The number of nitrogens with zero attached hydrogens (tertiary/aromatic N) is 2. The van der Waals surface area contributed by atoms with E-state index in [1.165, 1.54) is 16.8 Å². The lowest BCUT2D eigenvalue weighted by atomic mass is 9.90. The summed E-state index contributed by atoms with van der Waals surface area (Å²) in [6.07, 6.45) is 4.18. The molecular weight excluding hydrogens is 494 g/mol. The van der Waals surface area contributed by atoms with Crippen LogP contribution in [0.5, 0.6) is 17.2 Å². The summed E-state index contributed by atoms with van der Waals surface area (Å²) in [7, 11) is 4.76. The molecule has 6 rings (SSSR count). The van der Waals surface area contributed by atoms with E-state index in [4.69, 9.17) is 23.6 Å². The van der Waals surface area contributed by atoms with Gasteiger partial charge in [0.15, 0.2) is 11.5 Å². The van der Waals surface area contributed by atoms with Gasteiger partial charge >= 0.3 is 0 Å². The predicted octanol–water partition coefficient (Wildman–Crippen LogP) is 5.64. The second-order valence-corrected chi connectivity index (χ2v) is 9.77. The van der Waals surface area contributed by atoms with Gasteiger partial charge in [0.1, 0.15) is 16.9 Å². The van der Waals surface area contributed by atoms with Gasteiger partial charge in [0.2, 0.25) is 5.55 Å². The average molecular weight is 526 g/mol. The van der Waals surface area contributed by atoms with Gasteiger partial charge in [-0.3, -0.25) is 4.79 Å². The first-order valence-corrected chi connectivity index (χ1v) is 13.2. The van der Waals surface area contributed by atoms with Gasteiger partial charge in [0.05, 0.1) is 27.0 Å². The van der Waals surface area contributed by atoms with E-state index < -0.39 is 0 Å². The van der Waals surface area contributed by atoms with Crippen LogP contribution < -0.4 is 30.0 Å². The van der Waals surface area contributed by atoms with Gasteiger partial charge in [0, 0.05) is 41.5 Å². The quantitative estimate of drug-likeness (QED) is 0.351. The minimum absolute atomic E-state index is 0.259. The van der Waals surface area contributed by atoms with Gasteiger partial charge in [-0.15, -0.1) is 0 Å². The summed E-state index contributed by atoms with van der Waals surface area (Å²) in [5, 5.41) is 3.90. The van der Waals surface area contributed by atoms with Gasteiger partial charge in [0.25, 0.3) is 5.91 Å². The molecule has 39 heavy (non-hydrogen) atoms. The molecule has 0 unspecified atom stereocenters. The van der Waals surface area contributed by atoms with Crippen molar-refractivity contribution in [3.05, 3.63) is 76.8 Å². The Hall–Kier alpha value is -4.46. The van der Waals surface area contributed by atoms with Crippen LogP contribution >= 0.6 is 0 Å². The first-order chi connectivity index (χ1) is 19.1. The van der Waals surface area contributed by atoms with Crippen LogP contribution in [-0.4, -0.2) is 40.3 Å². The summed E-state index contributed by atoms with van der Waals surface area (Å²) in [5.41, 5.74) is 6.49. The smallest absolute Gasteiger partial charge is 0.261 e. The van der Waals surface area contributed by atoms with E-state index in [-0.39, 0.29) is 11.5 Å². The number of amides is 1. The number of hydrogen-bond acceptors (Lipinski definition) is 7. The fourth-order valence-electron chi connectivity index (χ4n) is 5.58. The summed E-state index contributed by atoms with van der Waals surface area (Å²) in [4.78, 5) is 20.9. The molecule has 0 atom stereocenters. The van der Waals surface area contributed by atoms with Crippen molar-refractivity contribution < 1.29 is 23.4 Å². The average Bonchev–Trinajstić information content (AvgIpc) is 2.97. The molecular formula is C31H31N3O5. The number of carbonyl (C=O) groups is 1. The van der Waals surface area contributed by atoms with E-state index in [1.54, 1.807) is 39.5 Å². The third-order valence-corrected chi connectivity index (χ3v) is 7.42. The van der Waals surface area contributed by atoms with E-state index in [9.17, 15) is 4.79 Å².